The second kappa shape index (κ2) is 7.31. The van der Waals surface area contributed by atoms with Crippen molar-refractivity contribution in [2.24, 2.45) is 0 Å². The minimum absolute atomic E-state index is 0.164. The molecule has 7 nitrogen and oxygen atoms in total. The Kier molecular flexibility index (Phi) is 4.95. The Balaban J connectivity index is 1.90. The van der Waals surface area contributed by atoms with Gasteiger partial charge in [-0.2, -0.15) is 5.10 Å². The standard InChI is InChI=1S/C17H15ClN4O3/c1-2-19-15(23)9-22-16(24)7-6-13(21-22)17-20-14(10-25-17)11-4-3-5-12(18)8-11/h3-8,10H,2,9H2,1H3,(H,19,23). The summed E-state index contributed by atoms with van der Waals surface area (Å²) < 4.78 is 6.53. The largest absolute Gasteiger partial charge is 0.443 e. The third kappa shape index (κ3) is 3.95. The van der Waals surface area contributed by atoms with E-state index in [1.54, 1.807) is 19.1 Å². The van der Waals surface area contributed by atoms with Gasteiger partial charge in [-0.3, -0.25) is 9.59 Å². The van der Waals surface area contributed by atoms with E-state index in [-0.39, 0.29) is 23.9 Å². The summed E-state index contributed by atoms with van der Waals surface area (Å²) in [5.41, 5.74) is 1.38. The van der Waals surface area contributed by atoms with E-state index in [1.165, 1.54) is 18.4 Å². The van der Waals surface area contributed by atoms with Crippen LogP contribution < -0.4 is 10.9 Å². The Labute approximate surface area is 148 Å². The Morgan fingerprint density at radius 2 is 2.12 bits per heavy atom. The number of hydrogen-bond acceptors (Lipinski definition) is 5. The SMILES string of the molecule is CCNC(=O)Cn1nc(-c2nc(-c3cccc(Cl)c3)co2)ccc1=O. The predicted molar refractivity (Wildman–Crippen MR) is 93.1 cm³/mol. The van der Waals surface area contributed by atoms with Crippen molar-refractivity contribution >= 4 is 17.5 Å². The highest BCUT2D eigenvalue weighted by Crippen LogP contribution is 2.25. The van der Waals surface area contributed by atoms with Gasteiger partial charge in [0.15, 0.2) is 0 Å². The van der Waals surface area contributed by atoms with Crippen LogP contribution in [0.25, 0.3) is 22.8 Å². The summed E-state index contributed by atoms with van der Waals surface area (Å²) in [5.74, 6) is -0.0408. The second-order valence-corrected chi connectivity index (χ2v) is 5.65. The summed E-state index contributed by atoms with van der Waals surface area (Å²) in [6, 6.07) is 10.0. The molecule has 1 aromatic carbocycles. The molecule has 0 aliphatic heterocycles. The maximum atomic E-state index is 11.9. The maximum absolute atomic E-state index is 11.9. The quantitative estimate of drug-likeness (QED) is 0.756. The minimum atomic E-state index is -0.378. The van der Waals surface area contributed by atoms with Gasteiger partial charge >= 0.3 is 0 Å². The van der Waals surface area contributed by atoms with Crippen LogP contribution >= 0.6 is 11.6 Å². The molecule has 0 saturated carbocycles. The maximum Gasteiger partial charge on any atom is 0.267 e. The van der Waals surface area contributed by atoms with Crippen molar-refractivity contribution in [3.63, 3.8) is 0 Å². The van der Waals surface area contributed by atoms with Crippen LogP contribution in [-0.2, 0) is 11.3 Å². The van der Waals surface area contributed by atoms with E-state index < -0.39 is 0 Å². The first-order chi connectivity index (χ1) is 12.1. The first-order valence-electron chi connectivity index (χ1n) is 7.63. The summed E-state index contributed by atoms with van der Waals surface area (Å²) in [5, 5.41) is 7.36. The number of halogens is 1. The van der Waals surface area contributed by atoms with Crippen LogP contribution in [-0.4, -0.2) is 27.2 Å². The molecule has 0 spiro atoms. The van der Waals surface area contributed by atoms with Crippen molar-refractivity contribution in [1.29, 1.82) is 0 Å². The number of carbonyl (C=O) groups is 1. The zero-order chi connectivity index (χ0) is 17.8. The third-order valence-electron chi connectivity index (χ3n) is 3.38. The molecule has 25 heavy (non-hydrogen) atoms. The molecule has 0 radical (unpaired) electrons. The number of benzene rings is 1. The van der Waals surface area contributed by atoms with Gasteiger partial charge in [0, 0.05) is 23.2 Å². The van der Waals surface area contributed by atoms with Crippen LogP contribution in [0.4, 0.5) is 0 Å². The number of likely N-dealkylation sites (N-methyl/N-ethyl adjacent to an activating group) is 1. The van der Waals surface area contributed by atoms with E-state index >= 15 is 0 Å². The van der Waals surface area contributed by atoms with E-state index in [0.717, 1.165) is 10.2 Å². The number of nitrogens with one attached hydrogen (secondary N) is 1. The lowest BCUT2D eigenvalue weighted by Gasteiger charge is -2.05. The Bertz CT molecular complexity index is 964. The number of carbonyl (C=O) groups excluding carboxylic acids is 1. The molecule has 2 heterocycles. The number of aromatic nitrogens is 3. The lowest BCUT2D eigenvalue weighted by atomic mass is 10.2. The average Bonchev–Trinajstić information content (AvgIpc) is 3.07. The molecule has 0 aliphatic rings. The fraction of sp³-hybridized carbons (Fsp3) is 0.176. The fourth-order valence-corrected chi connectivity index (χ4v) is 2.43. The molecule has 0 fully saturated rings. The van der Waals surface area contributed by atoms with Gasteiger partial charge in [-0.1, -0.05) is 23.7 Å². The zero-order valence-corrected chi connectivity index (χ0v) is 14.2. The van der Waals surface area contributed by atoms with E-state index in [9.17, 15) is 9.59 Å². The highest BCUT2D eigenvalue weighted by atomic mass is 35.5. The number of hydrogen-bond donors (Lipinski definition) is 1. The summed E-state index contributed by atoms with van der Waals surface area (Å²) in [7, 11) is 0. The normalized spacial score (nSPS) is 10.6. The van der Waals surface area contributed by atoms with Gasteiger partial charge in [-0.05, 0) is 25.1 Å². The molecule has 0 atom stereocenters. The van der Waals surface area contributed by atoms with Crippen molar-refractivity contribution in [2.45, 2.75) is 13.5 Å². The van der Waals surface area contributed by atoms with Gasteiger partial charge < -0.3 is 9.73 Å². The smallest absolute Gasteiger partial charge is 0.267 e. The highest BCUT2D eigenvalue weighted by Gasteiger charge is 2.13. The van der Waals surface area contributed by atoms with Crippen LogP contribution in [0.5, 0.6) is 0 Å². The van der Waals surface area contributed by atoms with Gasteiger partial charge in [0.2, 0.25) is 11.8 Å². The molecule has 8 heteroatoms. The van der Waals surface area contributed by atoms with Crippen molar-refractivity contribution in [3.8, 4) is 22.8 Å². The molecular weight excluding hydrogens is 344 g/mol. The Morgan fingerprint density at radius 3 is 2.88 bits per heavy atom. The zero-order valence-electron chi connectivity index (χ0n) is 13.4. The van der Waals surface area contributed by atoms with Crippen molar-refractivity contribution in [1.82, 2.24) is 20.1 Å². The summed E-state index contributed by atoms with van der Waals surface area (Å²) >= 11 is 5.98. The first-order valence-corrected chi connectivity index (χ1v) is 8.01. The molecule has 0 bridgehead atoms. The minimum Gasteiger partial charge on any atom is -0.443 e. The first kappa shape index (κ1) is 16.9. The van der Waals surface area contributed by atoms with Crippen LogP contribution in [0.1, 0.15) is 6.92 Å². The van der Waals surface area contributed by atoms with Crippen LogP contribution in [0, 0.1) is 0 Å². The van der Waals surface area contributed by atoms with Crippen LogP contribution in [0.2, 0.25) is 5.02 Å². The van der Waals surface area contributed by atoms with Crippen LogP contribution in [0.15, 0.2) is 51.9 Å². The molecule has 0 aliphatic carbocycles. The third-order valence-corrected chi connectivity index (χ3v) is 3.61. The lowest BCUT2D eigenvalue weighted by Crippen LogP contribution is -2.33. The van der Waals surface area contributed by atoms with Crippen molar-refractivity contribution < 1.29 is 9.21 Å². The molecule has 3 aromatic rings. The molecule has 128 valence electrons. The summed E-state index contributed by atoms with van der Waals surface area (Å²) in [6.45, 7) is 2.12. The molecule has 1 amide bonds. The van der Waals surface area contributed by atoms with Gasteiger partial charge in [0.05, 0.1) is 0 Å². The summed E-state index contributed by atoms with van der Waals surface area (Å²) in [4.78, 5) is 27.9. The van der Waals surface area contributed by atoms with Crippen LogP contribution in [0.3, 0.4) is 0 Å². The molecule has 1 N–H and O–H groups in total. The molecule has 3 rings (SSSR count). The molecule has 0 unspecified atom stereocenters. The van der Waals surface area contributed by atoms with Gasteiger partial charge in [0.25, 0.3) is 5.56 Å². The van der Waals surface area contributed by atoms with Gasteiger partial charge in [-0.15, -0.1) is 0 Å². The predicted octanol–water partition coefficient (Wildman–Crippen LogP) is 2.35. The van der Waals surface area contributed by atoms with E-state index in [1.807, 2.05) is 12.1 Å². The number of oxazole rings is 1. The Morgan fingerprint density at radius 1 is 1.28 bits per heavy atom. The van der Waals surface area contributed by atoms with Gasteiger partial charge in [0.1, 0.15) is 24.2 Å². The molecule has 0 saturated heterocycles. The van der Waals surface area contributed by atoms with Crippen molar-refractivity contribution in [3.05, 3.63) is 58.0 Å². The summed E-state index contributed by atoms with van der Waals surface area (Å²) in [6.07, 6.45) is 1.49. The van der Waals surface area contributed by atoms with Gasteiger partial charge in [-0.25, -0.2) is 9.67 Å². The van der Waals surface area contributed by atoms with E-state index in [0.29, 0.717) is 23.0 Å². The number of nitrogens with zero attached hydrogens (tertiary/aromatic N) is 3. The Hall–Kier alpha value is -2.93. The number of amides is 1. The van der Waals surface area contributed by atoms with E-state index in [2.05, 4.69) is 15.4 Å². The highest BCUT2D eigenvalue weighted by molar-refractivity contribution is 6.30. The topological polar surface area (TPSA) is 90.0 Å². The molecular formula is C17H15ClN4O3. The monoisotopic (exact) mass is 358 g/mol. The molecule has 2 aromatic heterocycles. The lowest BCUT2D eigenvalue weighted by molar-refractivity contribution is -0.121. The average molecular weight is 359 g/mol. The van der Waals surface area contributed by atoms with Crippen molar-refractivity contribution in [2.75, 3.05) is 6.54 Å². The number of rotatable bonds is 5. The second-order valence-electron chi connectivity index (χ2n) is 5.22. The fourth-order valence-electron chi connectivity index (χ4n) is 2.24. The van der Waals surface area contributed by atoms with E-state index in [4.69, 9.17) is 16.0 Å².